The van der Waals surface area contributed by atoms with Gasteiger partial charge >= 0.3 is 0 Å². The van der Waals surface area contributed by atoms with Crippen molar-refractivity contribution in [2.45, 2.75) is 26.2 Å². The maximum absolute atomic E-state index is 5.37. The van der Waals surface area contributed by atoms with Crippen LogP contribution in [0, 0.1) is 0 Å². The monoisotopic (exact) mass is 210 g/mol. The molecule has 1 nitrogen and oxygen atoms in total. The summed E-state index contributed by atoms with van der Waals surface area (Å²) < 4.78 is 5.37. The number of ether oxygens (including phenoxy) is 1. The van der Waals surface area contributed by atoms with Gasteiger partial charge in [0.1, 0.15) is 5.75 Å². The van der Waals surface area contributed by atoms with E-state index in [-0.39, 0.29) is 0 Å². The van der Waals surface area contributed by atoms with E-state index in [2.05, 4.69) is 24.8 Å². The third-order valence-electron chi connectivity index (χ3n) is 2.11. The predicted molar refractivity (Wildman–Crippen MR) is 64.4 cm³/mol. The van der Waals surface area contributed by atoms with E-state index in [4.69, 9.17) is 4.74 Å². The maximum atomic E-state index is 5.37. The van der Waals surface area contributed by atoms with Crippen molar-refractivity contribution in [2.75, 3.05) is 12.4 Å². The van der Waals surface area contributed by atoms with Gasteiger partial charge in [0.25, 0.3) is 0 Å². The molecule has 1 aromatic rings. The Morgan fingerprint density at radius 1 is 1.14 bits per heavy atom. The molecule has 14 heavy (non-hydrogen) atoms. The Balaban J connectivity index is 2.38. The summed E-state index contributed by atoms with van der Waals surface area (Å²) in [5.41, 5.74) is 1.38. The Bertz CT molecular complexity index is 243. The van der Waals surface area contributed by atoms with Crippen LogP contribution in [0.1, 0.15) is 25.3 Å². The van der Waals surface area contributed by atoms with Crippen molar-refractivity contribution in [3.63, 3.8) is 0 Å². The highest BCUT2D eigenvalue weighted by Crippen LogP contribution is 2.13. The highest BCUT2D eigenvalue weighted by atomic mass is 32.1. The molecule has 0 saturated heterocycles. The highest BCUT2D eigenvalue weighted by Gasteiger charge is 1.94. The fourth-order valence-corrected chi connectivity index (χ4v) is 1.58. The topological polar surface area (TPSA) is 9.23 Å². The lowest BCUT2D eigenvalue weighted by molar-refractivity contribution is 0.340. The quantitative estimate of drug-likeness (QED) is 0.559. The van der Waals surface area contributed by atoms with Crippen LogP contribution in [0.15, 0.2) is 24.3 Å². The van der Waals surface area contributed by atoms with Crippen molar-refractivity contribution in [1.29, 1.82) is 0 Å². The van der Waals surface area contributed by atoms with E-state index in [9.17, 15) is 0 Å². The van der Waals surface area contributed by atoms with Gasteiger partial charge in [0.15, 0.2) is 0 Å². The van der Waals surface area contributed by atoms with Gasteiger partial charge in [-0.2, -0.15) is 12.6 Å². The molecule has 0 heterocycles. The summed E-state index contributed by atoms with van der Waals surface area (Å²) in [7, 11) is 0. The average Bonchev–Trinajstić information content (AvgIpc) is 2.21. The number of rotatable bonds is 6. The Hall–Kier alpha value is -0.630. The summed E-state index contributed by atoms with van der Waals surface area (Å²) >= 11 is 4.19. The van der Waals surface area contributed by atoms with Crippen LogP contribution in [0.5, 0.6) is 5.75 Å². The van der Waals surface area contributed by atoms with Gasteiger partial charge in [0.2, 0.25) is 0 Å². The molecule has 0 N–H and O–H groups in total. The van der Waals surface area contributed by atoms with E-state index >= 15 is 0 Å². The third-order valence-corrected chi connectivity index (χ3v) is 2.42. The molecular formula is C12H18OS. The van der Waals surface area contributed by atoms with Gasteiger partial charge in [0, 0.05) is 0 Å². The van der Waals surface area contributed by atoms with Gasteiger partial charge in [-0.3, -0.25) is 0 Å². The minimum Gasteiger partial charge on any atom is -0.494 e. The minimum absolute atomic E-state index is 0.735. The molecule has 0 atom stereocenters. The van der Waals surface area contributed by atoms with E-state index in [1.165, 1.54) is 18.4 Å². The Labute approximate surface area is 91.9 Å². The largest absolute Gasteiger partial charge is 0.494 e. The van der Waals surface area contributed by atoms with Crippen LogP contribution in [0.3, 0.4) is 0 Å². The van der Waals surface area contributed by atoms with Crippen LogP contribution in [0.2, 0.25) is 0 Å². The Morgan fingerprint density at radius 3 is 2.43 bits per heavy atom. The molecule has 0 aromatic heterocycles. The minimum atomic E-state index is 0.735. The van der Waals surface area contributed by atoms with E-state index in [1.54, 1.807) is 0 Å². The molecule has 0 fully saturated rings. The molecular weight excluding hydrogens is 192 g/mol. The zero-order chi connectivity index (χ0) is 10.2. The van der Waals surface area contributed by atoms with Gasteiger partial charge in [-0.25, -0.2) is 0 Å². The first-order valence-electron chi connectivity index (χ1n) is 5.19. The Morgan fingerprint density at radius 2 is 1.86 bits per heavy atom. The van der Waals surface area contributed by atoms with Gasteiger partial charge in [0.05, 0.1) is 6.61 Å². The van der Waals surface area contributed by atoms with Crippen molar-refractivity contribution in [1.82, 2.24) is 0 Å². The molecule has 0 unspecified atom stereocenters. The second-order valence-electron chi connectivity index (χ2n) is 3.26. The van der Waals surface area contributed by atoms with Crippen molar-refractivity contribution in [3.8, 4) is 5.75 Å². The molecule has 0 aliphatic heterocycles. The fourth-order valence-electron chi connectivity index (χ4n) is 1.36. The summed E-state index contributed by atoms with van der Waals surface area (Å²) in [5.74, 6) is 1.95. The number of aryl methyl sites for hydroxylation is 1. The fraction of sp³-hybridized carbons (Fsp3) is 0.500. The summed E-state index contributed by atoms with van der Waals surface area (Å²) in [6.07, 6.45) is 3.56. The second kappa shape index (κ2) is 6.77. The summed E-state index contributed by atoms with van der Waals surface area (Å²) in [5, 5.41) is 0. The average molecular weight is 210 g/mol. The van der Waals surface area contributed by atoms with Crippen LogP contribution < -0.4 is 4.74 Å². The highest BCUT2D eigenvalue weighted by molar-refractivity contribution is 7.80. The lowest BCUT2D eigenvalue weighted by atomic mass is 10.1. The van der Waals surface area contributed by atoms with Crippen LogP contribution in [0.4, 0.5) is 0 Å². The molecule has 0 bridgehead atoms. The first-order chi connectivity index (χ1) is 6.86. The van der Waals surface area contributed by atoms with E-state index in [0.29, 0.717) is 0 Å². The molecule has 78 valence electrons. The van der Waals surface area contributed by atoms with Crippen LogP contribution in [-0.4, -0.2) is 12.4 Å². The standard InChI is InChI=1S/C12H18OS/c1-2-13-12-8-6-11(7-9-12)5-3-4-10-14/h6-9,14H,2-5,10H2,1H3. The lowest BCUT2D eigenvalue weighted by Crippen LogP contribution is -1.92. The molecule has 0 saturated carbocycles. The lowest BCUT2D eigenvalue weighted by Gasteiger charge is -2.04. The second-order valence-corrected chi connectivity index (χ2v) is 3.70. The van der Waals surface area contributed by atoms with Gasteiger partial charge in [-0.05, 0) is 49.6 Å². The number of unbranched alkanes of at least 4 members (excludes halogenated alkanes) is 1. The number of benzene rings is 1. The van der Waals surface area contributed by atoms with Crippen LogP contribution in [0.25, 0.3) is 0 Å². The maximum Gasteiger partial charge on any atom is 0.119 e. The number of thiol groups is 1. The smallest absolute Gasteiger partial charge is 0.119 e. The molecule has 0 aliphatic rings. The summed E-state index contributed by atoms with van der Waals surface area (Å²) in [6, 6.07) is 8.37. The van der Waals surface area contributed by atoms with E-state index in [0.717, 1.165) is 24.5 Å². The normalized spacial score (nSPS) is 10.1. The molecule has 0 amide bonds. The van der Waals surface area contributed by atoms with Gasteiger partial charge < -0.3 is 4.74 Å². The first kappa shape index (κ1) is 11.4. The van der Waals surface area contributed by atoms with Gasteiger partial charge in [-0.15, -0.1) is 0 Å². The van der Waals surface area contributed by atoms with Crippen LogP contribution in [-0.2, 0) is 6.42 Å². The predicted octanol–water partition coefficient (Wildman–Crippen LogP) is 3.34. The van der Waals surface area contributed by atoms with Crippen molar-refractivity contribution in [3.05, 3.63) is 29.8 Å². The van der Waals surface area contributed by atoms with Crippen molar-refractivity contribution in [2.24, 2.45) is 0 Å². The number of hydrogen-bond acceptors (Lipinski definition) is 2. The SMILES string of the molecule is CCOc1ccc(CCCCS)cc1. The molecule has 0 aliphatic carbocycles. The van der Waals surface area contributed by atoms with E-state index in [1.807, 2.05) is 19.1 Å². The first-order valence-corrected chi connectivity index (χ1v) is 5.82. The zero-order valence-corrected chi connectivity index (χ0v) is 9.59. The van der Waals surface area contributed by atoms with E-state index < -0.39 is 0 Å². The number of hydrogen-bond donors (Lipinski definition) is 1. The molecule has 0 radical (unpaired) electrons. The van der Waals surface area contributed by atoms with Crippen molar-refractivity contribution < 1.29 is 4.74 Å². The van der Waals surface area contributed by atoms with Crippen molar-refractivity contribution >= 4 is 12.6 Å². The summed E-state index contributed by atoms with van der Waals surface area (Å²) in [4.78, 5) is 0. The van der Waals surface area contributed by atoms with Gasteiger partial charge in [-0.1, -0.05) is 12.1 Å². The van der Waals surface area contributed by atoms with Crippen LogP contribution >= 0.6 is 12.6 Å². The zero-order valence-electron chi connectivity index (χ0n) is 8.70. The third kappa shape index (κ3) is 4.05. The molecule has 2 heteroatoms. The molecule has 0 spiro atoms. The molecule has 1 rings (SSSR count). The Kier molecular flexibility index (Phi) is 5.53. The molecule has 1 aromatic carbocycles. The summed E-state index contributed by atoms with van der Waals surface area (Å²) in [6.45, 7) is 2.74.